The fourth-order valence-electron chi connectivity index (χ4n) is 1.07. The van der Waals surface area contributed by atoms with Crippen LogP contribution in [0.3, 0.4) is 0 Å². The molecule has 0 fully saturated rings. The molecular formula is C9H11N3S2. The monoisotopic (exact) mass is 225 g/mol. The van der Waals surface area contributed by atoms with Crippen LogP contribution in [-0.2, 0) is 0 Å². The van der Waals surface area contributed by atoms with Gasteiger partial charge in [-0.1, -0.05) is 25.2 Å². The third-order valence-electron chi connectivity index (χ3n) is 1.79. The number of rotatable bonds is 2. The Morgan fingerprint density at radius 1 is 1.43 bits per heavy atom. The van der Waals surface area contributed by atoms with E-state index in [4.69, 9.17) is 5.73 Å². The van der Waals surface area contributed by atoms with Crippen LogP contribution in [0.5, 0.6) is 0 Å². The predicted molar refractivity (Wildman–Crippen MR) is 61.7 cm³/mol. The van der Waals surface area contributed by atoms with Gasteiger partial charge in [0.1, 0.15) is 0 Å². The van der Waals surface area contributed by atoms with Crippen molar-refractivity contribution in [3.63, 3.8) is 0 Å². The van der Waals surface area contributed by atoms with E-state index in [0.29, 0.717) is 11.0 Å². The summed E-state index contributed by atoms with van der Waals surface area (Å²) in [4.78, 5) is 9.58. The molecule has 2 heterocycles. The van der Waals surface area contributed by atoms with Crippen molar-refractivity contribution >= 4 is 27.8 Å². The number of hydrogen-bond acceptors (Lipinski definition) is 5. The molecule has 0 bridgehead atoms. The molecule has 0 aliphatic carbocycles. The van der Waals surface area contributed by atoms with Gasteiger partial charge in [-0.25, -0.2) is 9.97 Å². The third kappa shape index (κ3) is 1.78. The van der Waals surface area contributed by atoms with Crippen LogP contribution >= 0.6 is 22.7 Å². The highest BCUT2D eigenvalue weighted by Gasteiger charge is 2.09. The largest absolute Gasteiger partial charge is 0.375 e. The van der Waals surface area contributed by atoms with Gasteiger partial charge in [-0.3, -0.25) is 0 Å². The Balaban J connectivity index is 2.33. The van der Waals surface area contributed by atoms with Crippen LogP contribution in [0.2, 0.25) is 0 Å². The molecule has 3 nitrogen and oxygen atoms in total. The van der Waals surface area contributed by atoms with Gasteiger partial charge >= 0.3 is 0 Å². The molecule has 2 rings (SSSR count). The summed E-state index contributed by atoms with van der Waals surface area (Å²) in [5, 5.41) is 3.81. The summed E-state index contributed by atoms with van der Waals surface area (Å²) < 4.78 is 0. The van der Waals surface area contributed by atoms with Gasteiger partial charge in [-0.2, -0.15) is 0 Å². The lowest BCUT2D eigenvalue weighted by atomic mass is 10.2. The summed E-state index contributed by atoms with van der Waals surface area (Å²) >= 11 is 3.17. The molecule has 0 radical (unpaired) electrons. The average molecular weight is 225 g/mol. The maximum Gasteiger partial charge on any atom is 0.180 e. The maximum absolute atomic E-state index is 5.57. The van der Waals surface area contributed by atoms with Crippen LogP contribution in [-0.4, -0.2) is 9.97 Å². The second kappa shape index (κ2) is 3.67. The van der Waals surface area contributed by atoms with Gasteiger partial charge < -0.3 is 5.73 Å². The highest BCUT2D eigenvalue weighted by molar-refractivity contribution is 7.19. The fourth-order valence-corrected chi connectivity index (χ4v) is 2.63. The van der Waals surface area contributed by atoms with Gasteiger partial charge in [0.05, 0.1) is 15.6 Å². The highest BCUT2D eigenvalue weighted by atomic mass is 32.1. The zero-order valence-electron chi connectivity index (χ0n) is 8.02. The number of nitrogens with zero attached hydrogens (tertiary/aromatic N) is 2. The molecule has 74 valence electrons. The molecule has 0 saturated heterocycles. The SMILES string of the molecule is CC(C)c1nc(-c2cnc(N)s2)cs1. The van der Waals surface area contributed by atoms with Crippen molar-refractivity contribution in [2.75, 3.05) is 5.73 Å². The lowest BCUT2D eigenvalue weighted by Gasteiger charge is -1.95. The second-order valence-corrected chi connectivity index (χ2v) is 5.24. The lowest BCUT2D eigenvalue weighted by molar-refractivity contribution is 0.854. The standard InChI is InChI=1S/C9H11N3S2/c1-5(2)8-12-6(4-13-8)7-3-11-9(10)14-7/h3-5H,1-2H3,(H2,10,11). The van der Waals surface area contributed by atoms with Gasteiger partial charge in [0, 0.05) is 17.5 Å². The first kappa shape index (κ1) is 9.61. The van der Waals surface area contributed by atoms with Gasteiger partial charge in [0.15, 0.2) is 5.13 Å². The van der Waals surface area contributed by atoms with E-state index in [0.717, 1.165) is 15.6 Å². The van der Waals surface area contributed by atoms with E-state index in [1.807, 2.05) is 0 Å². The molecule has 0 aromatic carbocycles. The Bertz CT molecular complexity index is 431. The Kier molecular flexibility index (Phi) is 2.52. The van der Waals surface area contributed by atoms with Gasteiger partial charge in [0.25, 0.3) is 0 Å². The van der Waals surface area contributed by atoms with E-state index in [1.165, 1.54) is 11.3 Å². The van der Waals surface area contributed by atoms with Gasteiger partial charge in [0.2, 0.25) is 0 Å². The molecule has 2 aromatic rings. The molecule has 5 heteroatoms. The van der Waals surface area contributed by atoms with Crippen LogP contribution in [0.15, 0.2) is 11.6 Å². The number of aromatic nitrogens is 2. The first-order chi connectivity index (χ1) is 6.66. The molecule has 0 saturated carbocycles. The van der Waals surface area contributed by atoms with Crippen LogP contribution in [0.25, 0.3) is 10.6 Å². The smallest absolute Gasteiger partial charge is 0.180 e. The van der Waals surface area contributed by atoms with Crippen molar-refractivity contribution in [2.24, 2.45) is 0 Å². The zero-order valence-corrected chi connectivity index (χ0v) is 9.65. The Morgan fingerprint density at radius 2 is 2.21 bits per heavy atom. The third-order valence-corrected chi connectivity index (χ3v) is 3.79. The van der Waals surface area contributed by atoms with Crippen molar-refractivity contribution in [3.05, 3.63) is 16.6 Å². The second-order valence-electron chi connectivity index (χ2n) is 3.29. The first-order valence-electron chi connectivity index (χ1n) is 4.34. The number of nitrogen functional groups attached to an aromatic ring is 1. The topological polar surface area (TPSA) is 51.8 Å². The molecular weight excluding hydrogens is 214 g/mol. The number of thiazole rings is 2. The Morgan fingerprint density at radius 3 is 2.71 bits per heavy atom. The Labute approximate surface area is 90.6 Å². The fraction of sp³-hybridized carbons (Fsp3) is 0.333. The van der Waals surface area contributed by atoms with Crippen LogP contribution in [0.4, 0.5) is 5.13 Å². The predicted octanol–water partition coefficient (Wildman–Crippen LogP) is 2.97. The molecule has 2 N–H and O–H groups in total. The minimum absolute atomic E-state index is 0.485. The molecule has 0 aliphatic heterocycles. The molecule has 0 spiro atoms. The summed E-state index contributed by atoms with van der Waals surface area (Å²) in [5.74, 6) is 0.485. The summed E-state index contributed by atoms with van der Waals surface area (Å²) in [6, 6.07) is 0. The van der Waals surface area contributed by atoms with E-state index >= 15 is 0 Å². The highest BCUT2D eigenvalue weighted by Crippen LogP contribution is 2.30. The molecule has 2 aromatic heterocycles. The van der Waals surface area contributed by atoms with Crippen molar-refractivity contribution in [1.82, 2.24) is 9.97 Å². The normalized spacial score (nSPS) is 11.1. The quantitative estimate of drug-likeness (QED) is 0.854. The van der Waals surface area contributed by atoms with E-state index in [1.54, 1.807) is 17.5 Å². The summed E-state index contributed by atoms with van der Waals surface area (Å²) in [6.45, 7) is 4.29. The molecule has 14 heavy (non-hydrogen) atoms. The molecule has 0 unspecified atom stereocenters. The average Bonchev–Trinajstić information content (AvgIpc) is 2.70. The minimum Gasteiger partial charge on any atom is -0.375 e. The van der Waals surface area contributed by atoms with E-state index < -0.39 is 0 Å². The van der Waals surface area contributed by atoms with Crippen molar-refractivity contribution in [3.8, 4) is 10.6 Å². The van der Waals surface area contributed by atoms with E-state index in [2.05, 4.69) is 29.2 Å². The van der Waals surface area contributed by atoms with Crippen molar-refractivity contribution in [1.29, 1.82) is 0 Å². The van der Waals surface area contributed by atoms with E-state index in [-0.39, 0.29) is 0 Å². The van der Waals surface area contributed by atoms with Crippen molar-refractivity contribution in [2.45, 2.75) is 19.8 Å². The van der Waals surface area contributed by atoms with Crippen LogP contribution in [0, 0.1) is 0 Å². The number of nitrogens with two attached hydrogens (primary N) is 1. The van der Waals surface area contributed by atoms with Crippen LogP contribution < -0.4 is 5.73 Å². The first-order valence-corrected chi connectivity index (χ1v) is 6.03. The van der Waals surface area contributed by atoms with E-state index in [9.17, 15) is 0 Å². The molecule has 0 amide bonds. The lowest BCUT2D eigenvalue weighted by Crippen LogP contribution is -1.84. The Hall–Kier alpha value is -0.940. The summed E-state index contributed by atoms with van der Waals surface area (Å²) in [6.07, 6.45) is 1.78. The van der Waals surface area contributed by atoms with Gasteiger partial charge in [-0.05, 0) is 0 Å². The summed E-state index contributed by atoms with van der Waals surface area (Å²) in [7, 11) is 0. The maximum atomic E-state index is 5.57. The molecule has 0 aliphatic rings. The number of hydrogen-bond donors (Lipinski definition) is 1. The van der Waals surface area contributed by atoms with Crippen LogP contribution in [0.1, 0.15) is 24.8 Å². The zero-order chi connectivity index (χ0) is 10.1. The summed E-state index contributed by atoms with van der Waals surface area (Å²) in [5.41, 5.74) is 6.56. The molecule has 0 atom stereocenters. The number of anilines is 1. The minimum atomic E-state index is 0.485. The van der Waals surface area contributed by atoms with Crippen molar-refractivity contribution < 1.29 is 0 Å². The van der Waals surface area contributed by atoms with Gasteiger partial charge in [-0.15, -0.1) is 11.3 Å².